The minimum atomic E-state index is -1.42. The highest BCUT2D eigenvalue weighted by molar-refractivity contribution is 7.85. The van der Waals surface area contributed by atoms with Gasteiger partial charge in [0.25, 0.3) is 0 Å². The number of hydrogen-bond donors (Lipinski definition) is 1. The molecular formula is C15H11ClN2O2S. The molecule has 21 heavy (non-hydrogen) atoms. The van der Waals surface area contributed by atoms with Crippen LogP contribution in [-0.4, -0.2) is 15.9 Å². The molecule has 2 aromatic carbocycles. The quantitative estimate of drug-likeness (QED) is 0.942. The van der Waals surface area contributed by atoms with Crippen LogP contribution in [-0.2, 0) is 15.6 Å². The summed E-state index contributed by atoms with van der Waals surface area (Å²) >= 11 is 5.75. The van der Waals surface area contributed by atoms with Crippen molar-refractivity contribution in [1.82, 2.24) is 0 Å². The SMILES string of the molecule is N#Cc1ccc(NC(=O)CS(=O)c2ccc(Cl)cc2)cc1. The van der Waals surface area contributed by atoms with Crippen LogP contribution in [0.4, 0.5) is 5.69 Å². The normalized spacial score (nSPS) is 11.4. The molecule has 1 unspecified atom stereocenters. The molecule has 2 rings (SSSR count). The number of rotatable bonds is 4. The monoisotopic (exact) mass is 318 g/mol. The van der Waals surface area contributed by atoms with Crippen LogP contribution >= 0.6 is 11.6 Å². The van der Waals surface area contributed by atoms with Crippen LogP contribution < -0.4 is 5.32 Å². The molecule has 0 saturated carbocycles. The minimum Gasteiger partial charge on any atom is -0.325 e. The van der Waals surface area contributed by atoms with Gasteiger partial charge in [0.1, 0.15) is 5.75 Å². The van der Waals surface area contributed by atoms with Gasteiger partial charge in [-0.3, -0.25) is 9.00 Å². The number of carbonyl (C=O) groups is 1. The predicted octanol–water partition coefficient (Wildman–Crippen LogP) is 2.96. The van der Waals surface area contributed by atoms with Gasteiger partial charge >= 0.3 is 0 Å². The molecule has 0 spiro atoms. The number of nitrogens with zero attached hydrogens (tertiary/aromatic N) is 1. The summed E-state index contributed by atoms with van der Waals surface area (Å²) < 4.78 is 12.0. The number of carbonyl (C=O) groups excluding carboxylic acids is 1. The number of nitrogens with one attached hydrogen (secondary N) is 1. The Hall–Kier alpha value is -2.16. The predicted molar refractivity (Wildman–Crippen MR) is 82.5 cm³/mol. The molecule has 0 aliphatic carbocycles. The van der Waals surface area contributed by atoms with E-state index in [1.165, 1.54) is 0 Å². The molecule has 0 saturated heterocycles. The third-order valence-electron chi connectivity index (χ3n) is 2.64. The Kier molecular flexibility index (Phi) is 5.09. The molecule has 0 radical (unpaired) electrons. The number of amides is 1. The summed E-state index contributed by atoms with van der Waals surface area (Å²) in [5.74, 6) is -0.491. The van der Waals surface area contributed by atoms with Gasteiger partial charge in [-0.2, -0.15) is 5.26 Å². The zero-order valence-corrected chi connectivity index (χ0v) is 12.4. The fourth-order valence-electron chi connectivity index (χ4n) is 1.61. The topological polar surface area (TPSA) is 70.0 Å². The summed E-state index contributed by atoms with van der Waals surface area (Å²) in [7, 11) is -1.42. The molecule has 1 N–H and O–H groups in total. The molecule has 106 valence electrons. The first-order chi connectivity index (χ1) is 10.1. The van der Waals surface area contributed by atoms with Crippen LogP contribution in [0.1, 0.15) is 5.56 Å². The second-order valence-electron chi connectivity index (χ2n) is 4.18. The molecule has 0 heterocycles. The molecule has 0 aliphatic heterocycles. The Bertz CT molecular complexity index is 706. The van der Waals surface area contributed by atoms with Crippen LogP contribution in [0.15, 0.2) is 53.4 Å². The van der Waals surface area contributed by atoms with Crippen molar-refractivity contribution >= 4 is 34.0 Å². The first-order valence-electron chi connectivity index (χ1n) is 6.02. The van der Waals surface area contributed by atoms with Crippen LogP contribution in [0, 0.1) is 11.3 Å². The molecule has 0 fully saturated rings. The number of benzene rings is 2. The second kappa shape index (κ2) is 7.02. The van der Waals surface area contributed by atoms with Crippen molar-refractivity contribution in [2.75, 3.05) is 11.1 Å². The van der Waals surface area contributed by atoms with Gasteiger partial charge in [0, 0.05) is 15.6 Å². The third-order valence-corrected chi connectivity index (χ3v) is 4.21. The molecule has 6 heteroatoms. The molecule has 0 bridgehead atoms. The lowest BCUT2D eigenvalue weighted by molar-refractivity contribution is -0.113. The van der Waals surface area contributed by atoms with E-state index in [0.717, 1.165) is 0 Å². The molecule has 2 aromatic rings. The van der Waals surface area contributed by atoms with Crippen molar-refractivity contribution in [2.24, 2.45) is 0 Å². The van der Waals surface area contributed by atoms with Gasteiger partial charge in [-0.05, 0) is 48.5 Å². The smallest absolute Gasteiger partial charge is 0.237 e. The Labute approximate surface area is 129 Å². The summed E-state index contributed by atoms with van der Waals surface area (Å²) in [6.07, 6.45) is 0. The maximum absolute atomic E-state index is 12.0. The number of anilines is 1. The second-order valence-corrected chi connectivity index (χ2v) is 6.07. The van der Waals surface area contributed by atoms with Gasteiger partial charge in [0.05, 0.1) is 22.4 Å². The average molecular weight is 319 g/mol. The summed E-state index contributed by atoms with van der Waals surface area (Å²) in [5.41, 5.74) is 1.07. The maximum Gasteiger partial charge on any atom is 0.237 e. The van der Waals surface area contributed by atoms with Crippen LogP contribution in [0.25, 0.3) is 0 Å². The number of hydrogen-bond acceptors (Lipinski definition) is 3. The van der Waals surface area contributed by atoms with E-state index < -0.39 is 10.8 Å². The van der Waals surface area contributed by atoms with Crippen LogP contribution in [0.5, 0.6) is 0 Å². The first kappa shape index (κ1) is 15.2. The van der Waals surface area contributed by atoms with E-state index in [9.17, 15) is 9.00 Å². The minimum absolute atomic E-state index is 0.137. The van der Waals surface area contributed by atoms with E-state index in [2.05, 4.69) is 5.32 Å². The van der Waals surface area contributed by atoms with Crippen molar-refractivity contribution in [3.8, 4) is 6.07 Å². The fraction of sp³-hybridized carbons (Fsp3) is 0.0667. The van der Waals surface area contributed by atoms with Gasteiger partial charge in [-0.1, -0.05) is 11.6 Å². The zero-order valence-electron chi connectivity index (χ0n) is 10.9. The van der Waals surface area contributed by atoms with E-state index in [-0.39, 0.29) is 11.7 Å². The van der Waals surface area contributed by atoms with E-state index in [1.54, 1.807) is 48.5 Å². The highest BCUT2D eigenvalue weighted by Gasteiger charge is 2.10. The van der Waals surface area contributed by atoms with E-state index >= 15 is 0 Å². The van der Waals surface area contributed by atoms with Crippen molar-refractivity contribution < 1.29 is 9.00 Å². The highest BCUT2D eigenvalue weighted by atomic mass is 35.5. The van der Waals surface area contributed by atoms with Crippen molar-refractivity contribution in [3.05, 3.63) is 59.1 Å². The lowest BCUT2D eigenvalue weighted by atomic mass is 10.2. The third kappa shape index (κ3) is 4.42. The Morgan fingerprint density at radius 1 is 1.14 bits per heavy atom. The molecule has 4 nitrogen and oxygen atoms in total. The highest BCUT2D eigenvalue weighted by Crippen LogP contribution is 2.13. The van der Waals surface area contributed by atoms with E-state index in [0.29, 0.717) is 21.2 Å². The average Bonchev–Trinajstić information content (AvgIpc) is 2.48. The van der Waals surface area contributed by atoms with Crippen LogP contribution in [0.2, 0.25) is 5.02 Å². The van der Waals surface area contributed by atoms with Gasteiger partial charge in [0.15, 0.2) is 0 Å². The standard InChI is InChI=1S/C15H11ClN2O2S/c16-12-3-7-14(8-4-12)21(20)10-15(19)18-13-5-1-11(9-17)2-6-13/h1-8H,10H2,(H,18,19). The van der Waals surface area contributed by atoms with Gasteiger partial charge in [0.2, 0.25) is 5.91 Å². The van der Waals surface area contributed by atoms with Gasteiger partial charge in [-0.25, -0.2) is 0 Å². The molecule has 1 amide bonds. The lowest BCUT2D eigenvalue weighted by Gasteiger charge is -2.05. The molecular weight excluding hydrogens is 308 g/mol. The van der Waals surface area contributed by atoms with Gasteiger partial charge in [-0.15, -0.1) is 0 Å². The first-order valence-corrected chi connectivity index (χ1v) is 7.72. The fourth-order valence-corrected chi connectivity index (χ4v) is 2.66. The van der Waals surface area contributed by atoms with E-state index in [4.69, 9.17) is 16.9 Å². The number of nitriles is 1. The largest absolute Gasteiger partial charge is 0.325 e. The Morgan fingerprint density at radius 3 is 2.33 bits per heavy atom. The summed E-state index contributed by atoms with van der Waals surface area (Å²) in [6, 6.07) is 15.0. The summed E-state index contributed by atoms with van der Waals surface area (Å²) in [4.78, 5) is 12.4. The van der Waals surface area contributed by atoms with Crippen molar-refractivity contribution in [3.63, 3.8) is 0 Å². The lowest BCUT2D eigenvalue weighted by Crippen LogP contribution is -2.19. The summed E-state index contributed by atoms with van der Waals surface area (Å²) in [6.45, 7) is 0. The zero-order chi connectivity index (χ0) is 15.2. The summed E-state index contributed by atoms with van der Waals surface area (Å²) in [5, 5.41) is 11.9. The number of halogens is 1. The molecule has 1 atom stereocenters. The van der Waals surface area contributed by atoms with Crippen LogP contribution in [0.3, 0.4) is 0 Å². The Balaban J connectivity index is 1.96. The Morgan fingerprint density at radius 2 is 1.76 bits per heavy atom. The molecule has 0 aliphatic rings. The van der Waals surface area contributed by atoms with Crippen molar-refractivity contribution in [2.45, 2.75) is 4.90 Å². The van der Waals surface area contributed by atoms with Crippen molar-refractivity contribution in [1.29, 1.82) is 5.26 Å². The molecule has 0 aromatic heterocycles. The maximum atomic E-state index is 12.0. The van der Waals surface area contributed by atoms with E-state index in [1.807, 2.05) is 6.07 Å². The van der Waals surface area contributed by atoms with Gasteiger partial charge < -0.3 is 5.32 Å².